The molecule has 2 aromatic carbocycles. The molecule has 0 fully saturated rings. The summed E-state index contributed by atoms with van der Waals surface area (Å²) in [6, 6.07) is 13.0. The molecule has 0 radical (unpaired) electrons. The third-order valence-electron chi connectivity index (χ3n) is 2.74. The number of phenolic OH excluding ortho intramolecular Hbond substituents is 1. The first kappa shape index (κ1) is 14.5. The second kappa shape index (κ2) is 6.53. The first-order valence-electron chi connectivity index (χ1n) is 6.52. The topological polar surface area (TPSA) is 41.5 Å². The van der Waals surface area contributed by atoms with Crippen LogP contribution in [-0.2, 0) is 6.54 Å². The molecule has 0 heterocycles. The summed E-state index contributed by atoms with van der Waals surface area (Å²) >= 11 is 5.86. The van der Waals surface area contributed by atoms with E-state index in [9.17, 15) is 5.11 Å². The molecule has 4 heteroatoms. The van der Waals surface area contributed by atoms with Gasteiger partial charge in [0.1, 0.15) is 11.5 Å². The SMILES string of the molecule is CC(C)Oc1ccc(CNc2ccc(O)c(Cl)c2)cc1. The predicted molar refractivity (Wildman–Crippen MR) is 82.6 cm³/mol. The fourth-order valence-corrected chi connectivity index (χ4v) is 1.96. The Morgan fingerprint density at radius 2 is 1.85 bits per heavy atom. The maximum atomic E-state index is 9.36. The van der Waals surface area contributed by atoms with E-state index in [1.54, 1.807) is 18.2 Å². The van der Waals surface area contributed by atoms with Crippen LogP contribution in [0, 0.1) is 0 Å². The van der Waals surface area contributed by atoms with E-state index in [1.807, 2.05) is 38.1 Å². The minimum Gasteiger partial charge on any atom is -0.506 e. The van der Waals surface area contributed by atoms with Crippen molar-refractivity contribution >= 4 is 17.3 Å². The van der Waals surface area contributed by atoms with E-state index < -0.39 is 0 Å². The van der Waals surface area contributed by atoms with Crippen molar-refractivity contribution in [2.24, 2.45) is 0 Å². The van der Waals surface area contributed by atoms with Crippen LogP contribution in [0.4, 0.5) is 5.69 Å². The molecular formula is C16H18ClNO2. The summed E-state index contributed by atoms with van der Waals surface area (Å²) < 4.78 is 5.60. The molecular weight excluding hydrogens is 274 g/mol. The molecule has 0 aromatic heterocycles. The highest BCUT2D eigenvalue weighted by atomic mass is 35.5. The molecule has 0 atom stereocenters. The van der Waals surface area contributed by atoms with Gasteiger partial charge in [-0.15, -0.1) is 0 Å². The summed E-state index contributed by atoms with van der Waals surface area (Å²) in [6.45, 7) is 4.69. The molecule has 0 aliphatic rings. The molecule has 106 valence electrons. The molecule has 0 amide bonds. The van der Waals surface area contributed by atoms with Gasteiger partial charge in [0.25, 0.3) is 0 Å². The van der Waals surface area contributed by atoms with Crippen molar-refractivity contribution in [1.82, 2.24) is 0 Å². The van der Waals surface area contributed by atoms with Crippen LogP contribution in [0.2, 0.25) is 5.02 Å². The number of phenols is 1. The van der Waals surface area contributed by atoms with Gasteiger partial charge in [-0.2, -0.15) is 0 Å². The lowest BCUT2D eigenvalue weighted by atomic mass is 10.2. The molecule has 20 heavy (non-hydrogen) atoms. The Hall–Kier alpha value is -1.87. The summed E-state index contributed by atoms with van der Waals surface area (Å²) in [5.41, 5.74) is 2.01. The number of hydrogen-bond acceptors (Lipinski definition) is 3. The summed E-state index contributed by atoms with van der Waals surface area (Å²) in [4.78, 5) is 0. The number of aromatic hydroxyl groups is 1. The van der Waals surface area contributed by atoms with Crippen LogP contribution in [0.15, 0.2) is 42.5 Å². The van der Waals surface area contributed by atoms with Crippen LogP contribution in [0.25, 0.3) is 0 Å². The van der Waals surface area contributed by atoms with Crippen molar-refractivity contribution in [3.05, 3.63) is 53.1 Å². The second-order valence-corrected chi connectivity index (χ2v) is 5.24. The Morgan fingerprint density at radius 1 is 1.15 bits per heavy atom. The standard InChI is InChI=1S/C16H18ClNO2/c1-11(2)20-14-6-3-12(4-7-14)10-18-13-5-8-16(19)15(17)9-13/h3-9,11,18-19H,10H2,1-2H3. The minimum atomic E-state index is 0.0902. The van der Waals surface area contributed by atoms with Gasteiger partial charge >= 0.3 is 0 Å². The van der Waals surface area contributed by atoms with Crippen LogP contribution in [0.3, 0.4) is 0 Å². The van der Waals surface area contributed by atoms with Gasteiger partial charge < -0.3 is 15.2 Å². The predicted octanol–water partition coefficient (Wildman–Crippen LogP) is 4.44. The lowest BCUT2D eigenvalue weighted by Gasteiger charge is -2.11. The number of anilines is 1. The molecule has 2 aromatic rings. The van der Waals surface area contributed by atoms with Crippen LogP contribution >= 0.6 is 11.6 Å². The molecule has 0 aliphatic carbocycles. The lowest BCUT2D eigenvalue weighted by molar-refractivity contribution is 0.242. The Balaban J connectivity index is 1.95. The van der Waals surface area contributed by atoms with E-state index >= 15 is 0 Å². The highest BCUT2D eigenvalue weighted by Gasteiger charge is 2.01. The minimum absolute atomic E-state index is 0.0902. The van der Waals surface area contributed by atoms with Crippen molar-refractivity contribution in [2.45, 2.75) is 26.5 Å². The van der Waals surface area contributed by atoms with Gasteiger partial charge in [0.2, 0.25) is 0 Å². The van der Waals surface area contributed by atoms with Crippen molar-refractivity contribution in [1.29, 1.82) is 0 Å². The van der Waals surface area contributed by atoms with E-state index in [-0.39, 0.29) is 11.9 Å². The van der Waals surface area contributed by atoms with Gasteiger partial charge in [0, 0.05) is 12.2 Å². The molecule has 0 spiro atoms. The highest BCUT2D eigenvalue weighted by molar-refractivity contribution is 6.32. The number of hydrogen-bond donors (Lipinski definition) is 2. The third kappa shape index (κ3) is 4.07. The number of benzene rings is 2. The number of rotatable bonds is 5. The molecule has 2 rings (SSSR count). The van der Waals surface area contributed by atoms with Crippen LogP contribution in [0.1, 0.15) is 19.4 Å². The molecule has 2 N–H and O–H groups in total. The van der Waals surface area contributed by atoms with E-state index in [0.717, 1.165) is 17.0 Å². The largest absolute Gasteiger partial charge is 0.506 e. The van der Waals surface area contributed by atoms with Crippen molar-refractivity contribution in [3.63, 3.8) is 0 Å². The van der Waals surface area contributed by atoms with Gasteiger partial charge in [0.15, 0.2) is 0 Å². The van der Waals surface area contributed by atoms with Gasteiger partial charge in [-0.05, 0) is 49.7 Å². The van der Waals surface area contributed by atoms with Crippen LogP contribution < -0.4 is 10.1 Å². The lowest BCUT2D eigenvalue weighted by Crippen LogP contribution is -2.05. The van der Waals surface area contributed by atoms with E-state index in [0.29, 0.717) is 11.6 Å². The Morgan fingerprint density at radius 3 is 2.45 bits per heavy atom. The van der Waals surface area contributed by atoms with Crippen LogP contribution in [-0.4, -0.2) is 11.2 Å². The van der Waals surface area contributed by atoms with E-state index in [2.05, 4.69) is 5.32 Å². The first-order chi connectivity index (χ1) is 9.54. The van der Waals surface area contributed by atoms with Crippen molar-refractivity contribution in [2.75, 3.05) is 5.32 Å². The summed E-state index contributed by atoms with van der Waals surface area (Å²) in [5, 5.41) is 13.0. The average Bonchev–Trinajstić information content (AvgIpc) is 2.41. The number of ether oxygens (including phenoxy) is 1. The fraction of sp³-hybridized carbons (Fsp3) is 0.250. The summed E-state index contributed by atoms with van der Waals surface area (Å²) in [6.07, 6.45) is 0.179. The Kier molecular flexibility index (Phi) is 4.74. The molecule has 0 bridgehead atoms. The average molecular weight is 292 g/mol. The highest BCUT2D eigenvalue weighted by Crippen LogP contribution is 2.26. The smallest absolute Gasteiger partial charge is 0.134 e. The first-order valence-corrected chi connectivity index (χ1v) is 6.90. The van der Waals surface area contributed by atoms with Gasteiger partial charge in [0.05, 0.1) is 11.1 Å². The molecule has 3 nitrogen and oxygen atoms in total. The van der Waals surface area contributed by atoms with E-state index in [1.165, 1.54) is 0 Å². The van der Waals surface area contributed by atoms with Crippen molar-refractivity contribution < 1.29 is 9.84 Å². The Bertz CT molecular complexity index is 567. The fourth-order valence-electron chi connectivity index (χ4n) is 1.78. The van der Waals surface area contributed by atoms with Gasteiger partial charge in [-0.25, -0.2) is 0 Å². The second-order valence-electron chi connectivity index (χ2n) is 4.83. The third-order valence-corrected chi connectivity index (χ3v) is 3.04. The number of halogens is 1. The number of nitrogens with one attached hydrogen (secondary N) is 1. The van der Waals surface area contributed by atoms with Crippen LogP contribution in [0.5, 0.6) is 11.5 Å². The normalized spacial score (nSPS) is 10.6. The Labute approximate surface area is 124 Å². The monoisotopic (exact) mass is 291 g/mol. The van der Waals surface area contributed by atoms with E-state index in [4.69, 9.17) is 16.3 Å². The van der Waals surface area contributed by atoms with Crippen molar-refractivity contribution in [3.8, 4) is 11.5 Å². The zero-order valence-electron chi connectivity index (χ0n) is 11.6. The zero-order chi connectivity index (χ0) is 14.5. The molecule has 0 saturated heterocycles. The zero-order valence-corrected chi connectivity index (χ0v) is 12.3. The molecule has 0 saturated carbocycles. The summed E-state index contributed by atoms with van der Waals surface area (Å²) in [5.74, 6) is 0.962. The maximum absolute atomic E-state index is 9.36. The molecule has 0 aliphatic heterocycles. The molecule has 0 unspecified atom stereocenters. The van der Waals surface area contributed by atoms with Gasteiger partial charge in [-0.3, -0.25) is 0 Å². The quantitative estimate of drug-likeness (QED) is 0.800. The van der Waals surface area contributed by atoms with Gasteiger partial charge in [-0.1, -0.05) is 23.7 Å². The maximum Gasteiger partial charge on any atom is 0.134 e. The summed E-state index contributed by atoms with van der Waals surface area (Å²) in [7, 11) is 0.